The summed E-state index contributed by atoms with van der Waals surface area (Å²) in [5.41, 5.74) is 16.0. The molecule has 0 radical (unpaired) electrons. The highest BCUT2D eigenvalue weighted by Crippen LogP contribution is 2.32. The molecule has 1 fully saturated rings. The van der Waals surface area contributed by atoms with E-state index in [0.29, 0.717) is 0 Å². The number of ether oxygens (including phenoxy) is 1. The zero-order valence-corrected chi connectivity index (χ0v) is 15.7. The number of hydrazine groups is 1. The van der Waals surface area contributed by atoms with Crippen LogP contribution >= 0.6 is 0 Å². The van der Waals surface area contributed by atoms with Gasteiger partial charge in [-0.1, -0.05) is 56.9 Å². The minimum Gasteiger partial charge on any atom is -0.494 e. The molecule has 140 valence electrons. The molecule has 26 heavy (non-hydrogen) atoms. The van der Waals surface area contributed by atoms with Crippen LogP contribution in [0.3, 0.4) is 0 Å². The summed E-state index contributed by atoms with van der Waals surface area (Å²) >= 11 is 0. The summed E-state index contributed by atoms with van der Waals surface area (Å²) < 4.78 is 5.95. The first-order valence-electron chi connectivity index (χ1n) is 9.85. The molecule has 1 heterocycles. The van der Waals surface area contributed by atoms with Crippen LogP contribution in [0.15, 0.2) is 48.5 Å². The van der Waals surface area contributed by atoms with Crippen molar-refractivity contribution in [1.82, 2.24) is 10.9 Å². The van der Waals surface area contributed by atoms with Crippen LogP contribution < -0.4 is 21.3 Å². The monoisotopic (exact) mass is 353 g/mol. The van der Waals surface area contributed by atoms with Gasteiger partial charge in [-0.25, -0.2) is 10.9 Å². The lowest BCUT2D eigenvalue weighted by atomic mass is 9.97. The van der Waals surface area contributed by atoms with Gasteiger partial charge in [0.25, 0.3) is 0 Å². The van der Waals surface area contributed by atoms with Gasteiger partial charge in [-0.05, 0) is 48.2 Å². The SMILES string of the molecule is CCCCCCCOc1cccc(C2CC(c3cccc(N)c3)NN2)c1. The van der Waals surface area contributed by atoms with Crippen molar-refractivity contribution < 1.29 is 4.74 Å². The highest BCUT2D eigenvalue weighted by atomic mass is 16.5. The summed E-state index contributed by atoms with van der Waals surface area (Å²) in [4.78, 5) is 0. The van der Waals surface area contributed by atoms with Crippen LogP contribution in [0, 0.1) is 0 Å². The van der Waals surface area contributed by atoms with Crippen LogP contribution in [0.1, 0.15) is 68.7 Å². The summed E-state index contributed by atoms with van der Waals surface area (Å²) in [7, 11) is 0. The topological polar surface area (TPSA) is 59.3 Å². The predicted molar refractivity (Wildman–Crippen MR) is 108 cm³/mol. The molecule has 2 aromatic rings. The second-order valence-corrected chi connectivity index (χ2v) is 7.13. The standard InChI is InChI=1S/C22H31N3O/c1-2-3-4-5-6-13-26-20-12-8-10-18(15-20)22-16-21(24-25-22)17-9-7-11-19(23)14-17/h7-12,14-15,21-22,24-25H,2-6,13,16,23H2,1H3. The van der Waals surface area contributed by atoms with Crippen molar-refractivity contribution >= 4 is 5.69 Å². The normalized spacial score (nSPS) is 19.6. The fourth-order valence-corrected chi connectivity index (χ4v) is 3.49. The van der Waals surface area contributed by atoms with Gasteiger partial charge >= 0.3 is 0 Å². The quantitative estimate of drug-likeness (QED) is 0.443. The van der Waals surface area contributed by atoms with Crippen molar-refractivity contribution in [1.29, 1.82) is 0 Å². The van der Waals surface area contributed by atoms with Gasteiger partial charge in [0.1, 0.15) is 5.75 Å². The third kappa shape index (κ3) is 5.23. The lowest BCUT2D eigenvalue weighted by Crippen LogP contribution is -2.26. The molecule has 4 N–H and O–H groups in total. The number of nitrogens with one attached hydrogen (secondary N) is 2. The average Bonchev–Trinajstić information content (AvgIpc) is 3.15. The Bertz CT molecular complexity index is 689. The zero-order chi connectivity index (χ0) is 18.2. The number of unbranched alkanes of at least 4 members (excludes halogenated alkanes) is 4. The van der Waals surface area contributed by atoms with E-state index in [4.69, 9.17) is 10.5 Å². The Morgan fingerprint density at radius 2 is 1.62 bits per heavy atom. The van der Waals surface area contributed by atoms with E-state index in [9.17, 15) is 0 Å². The van der Waals surface area contributed by atoms with Crippen LogP contribution in [0.4, 0.5) is 5.69 Å². The van der Waals surface area contributed by atoms with Gasteiger partial charge < -0.3 is 10.5 Å². The van der Waals surface area contributed by atoms with Crippen LogP contribution in [-0.2, 0) is 0 Å². The van der Waals surface area contributed by atoms with Gasteiger partial charge in [0.05, 0.1) is 6.61 Å². The molecule has 0 spiro atoms. The van der Waals surface area contributed by atoms with Crippen molar-refractivity contribution in [3.05, 3.63) is 59.7 Å². The lowest BCUT2D eigenvalue weighted by molar-refractivity contribution is 0.304. The van der Waals surface area contributed by atoms with Gasteiger partial charge in [0.15, 0.2) is 0 Å². The molecule has 0 aromatic heterocycles. The molecular weight excluding hydrogens is 322 g/mol. The van der Waals surface area contributed by atoms with Crippen LogP contribution in [-0.4, -0.2) is 6.61 Å². The molecule has 2 unspecified atom stereocenters. The summed E-state index contributed by atoms with van der Waals surface area (Å²) in [6.45, 7) is 3.04. The number of anilines is 1. The summed E-state index contributed by atoms with van der Waals surface area (Å²) in [6.07, 6.45) is 7.29. The number of nitrogens with two attached hydrogens (primary N) is 1. The molecule has 0 bridgehead atoms. The van der Waals surface area contributed by atoms with Crippen LogP contribution in [0.2, 0.25) is 0 Å². The molecule has 0 amide bonds. The Morgan fingerprint density at radius 3 is 2.35 bits per heavy atom. The van der Waals surface area contributed by atoms with Gasteiger partial charge in [-0.2, -0.15) is 0 Å². The van der Waals surface area contributed by atoms with Gasteiger partial charge in [0, 0.05) is 17.8 Å². The molecule has 1 aliphatic rings. The molecular formula is C22H31N3O. The number of nitrogen functional groups attached to an aromatic ring is 1. The summed E-state index contributed by atoms with van der Waals surface area (Å²) in [5, 5.41) is 0. The number of hydrogen-bond donors (Lipinski definition) is 3. The fraction of sp³-hybridized carbons (Fsp3) is 0.455. The van der Waals surface area contributed by atoms with Gasteiger partial charge in [0.2, 0.25) is 0 Å². The van der Waals surface area contributed by atoms with E-state index >= 15 is 0 Å². The number of benzene rings is 2. The van der Waals surface area contributed by atoms with E-state index in [-0.39, 0.29) is 12.1 Å². The Labute approximate surface area is 157 Å². The van der Waals surface area contributed by atoms with E-state index in [2.05, 4.69) is 42.0 Å². The highest BCUT2D eigenvalue weighted by molar-refractivity contribution is 5.42. The van der Waals surface area contributed by atoms with Crippen molar-refractivity contribution in [2.45, 2.75) is 57.5 Å². The average molecular weight is 354 g/mol. The third-order valence-corrected chi connectivity index (χ3v) is 4.99. The molecule has 1 aliphatic heterocycles. The second-order valence-electron chi connectivity index (χ2n) is 7.13. The maximum atomic E-state index is 5.95. The minimum absolute atomic E-state index is 0.270. The Kier molecular flexibility index (Phi) is 6.92. The predicted octanol–water partition coefficient (Wildman–Crippen LogP) is 4.90. The fourth-order valence-electron chi connectivity index (χ4n) is 3.49. The van der Waals surface area contributed by atoms with E-state index in [1.165, 1.54) is 36.8 Å². The number of rotatable bonds is 9. The smallest absolute Gasteiger partial charge is 0.119 e. The molecule has 4 nitrogen and oxygen atoms in total. The van der Waals surface area contributed by atoms with E-state index in [1.807, 2.05) is 24.3 Å². The summed E-state index contributed by atoms with van der Waals surface area (Å²) in [6, 6.07) is 17.1. The Balaban J connectivity index is 1.52. The summed E-state index contributed by atoms with van der Waals surface area (Å²) in [5.74, 6) is 0.965. The molecule has 2 aromatic carbocycles. The van der Waals surface area contributed by atoms with Crippen molar-refractivity contribution in [3.63, 3.8) is 0 Å². The first-order chi connectivity index (χ1) is 12.8. The zero-order valence-electron chi connectivity index (χ0n) is 15.7. The van der Waals surface area contributed by atoms with E-state index in [1.54, 1.807) is 0 Å². The Hall–Kier alpha value is -2.04. The van der Waals surface area contributed by atoms with Crippen molar-refractivity contribution in [2.75, 3.05) is 12.3 Å². The largest absolute Gasteiger partial charge is 0.494 e. The first-order valence-corrected chi connectivity index (χ1v) is 9.85. The van der Waals surface area contributed by atoms with Crippen molar-refractivity contribution in [2.24, 2.45) is 0 Å². The molecule has 1 saturated heterocycles. The number of hydrogen-bond acceptors (Lipinski definition) is 4. The third-order valence-electron chi connectivity index (χ3n) is 4.99. The molecule has 4 heteroatoms. The van der Waals surface area contributed by atoms with E-state index < -0.39 is 0 Å². The van der Waals surface area contributed by atoms with Crippen LogP contribution in [0.25, 0.3) is 0 Å². The van der Waals surface area contributed by atoms with Gasteiger partial charge in [-0.15, -0.1) is 0 Å². The molecule has 0 aliphatic carbocycles. The maximum absolute atomic E-state index is 5.95. The van der Waals surface area contributed by atoms with E-state index in [0.717, 1.165) is 30.9 Å². The molecule has 2 atom stereocenters. The van der Waals surface area contributed by atoms with Crippen LogP contribution in [0.5, 0.6) is 5.75 Å². The minimum atomic E-state index is 0.270. The maximum Gasteiger partial charge on any atom is 0.119 e. The highest BCUT2D eigenvalue weighted by Gasteiger charge is 2.26. The molecule has 3 rings (SSSR count). The lowest BCUT2D eigenvalue weighted by Gasteiger charge is -2.13. The van der Waals surface area contributed by atoms with Crippen molar-refractivity contribution in [3.8, 4) is 5.75 Å². The molecule has 0 saturated carbocycles. The first kappa shape index (κ1) is 18.7. The Morgan fingerprint density at radius 1 is 0.923 bits per heavy atom. The van der Waals surface area contributed by atoms with Gasteiger partial charge in [-0.3, -0.25) is 0 Å². The second kappa shape index (κ2) is 9.60.